The van der Waals surface area contributed by atoms with Crippen LogP contribution in [0.4, 0.5) is 0 Å². The second kappa shape index (κ2) is 7.65. The van der Waals surface area contributed by atoms with Crippen LogP contribution in [-0.2, 0) is 0 Å². The summed E-state index contributed by atoms with van der Waals surface area (Å²) in [6, 6.07) is 12.3. The molecule has 0 saturated carbocycles. The molecular weight excluding hydrogens is 376 g/mol. The third-order valence-electron chi connectivity index (χ3n) is 4.62. The SMILES string of the molecule is CC(N)C1CCN(C(=O)c2ccc3cc(Br)ccc3c2)CC1.Cl. The molecule has 2 aromatic carbocycles. The van der Waals surface area contributed by atoms with E-state index in [4.69, 9.17) is 5.73 Å². The van der Waals surface area contributed by atoms with Gasteiger partial charge >= 0.3 is 0 Å². The lowest BCUT2D eigenvalue weighted by molar-refractivity contribution is 0.0681. The highest BCUT2D eigenvalue weighted by Gasteiger charge is 2.25. The van der Waals surface area contributed by atoms with Crippen molar-refractivity contribution in [2.24, 2.45) is 11.7 Å². The molecule has 0 aliphatic carbocycles. The van der Waals surface area contributed by atoms with Gasteiger partial charge in [-0.2, -0.15) is 0 Å². The summed E-state index contributed by atoms with van der Waals surface area (Å²) in [7, 11) is 0. The summed E-state index contributed by atoms with van der Waals surface area (Å²) in [4.78, 5) is 14.6. The standard InChI is InChI=1S/C18H21BrN2O.ClH/c1-12(20)13-6-8-21(9-7-13)18(22)16-3-2-15-11-17(19)5-4-14(15)10-16;/h2-5,10-13H,6-9,20H2,1H3;1H. The van der Waals surface area contributed by atoms with Crippen molar-refractivity contribution < 1.29 is 4.79 Å². The minimum Gasteiger partial charge on any atom is -0.339 e. The Bertz CT molecular complexity index is 696. The molecule has 1 amide bonds. The van der Waals surface area contributed by atoms with Crippen LogP contribution in [0.5, 0.6) is 0 Å². The zero-order chi connectivity index (χ0) is 15.7. The van der Waals surface area contributed by atoms with Gasteiger partial charge in [-0.05, 0) is 60.7 Å². The largest absolute Gasteiger partial charge is 0.339 e. The molecule has 5 heteroatoms. The van der Waals surface area contributed by atoms with Crippen molar-refractivity contribution in [3.05, 3.63) is 46.4 Å². The van der Waals surface area contributed by atoms with Crippen molar-refractivity contribution in [1.29, 1.82) is 0 Å². The Morgan fingerprint density at radius 2 is 1.78 bits per heavy atom. The van der Waals surface area contributed by atoms with Gasteiger partial charge in [0.1, 0.15) is 0 Å². The van der Waals surface area contributed by atoms with Gasteiger partial charge in [-0.3, -0.25) is 4.79 Å². The van der Waals surface area contributed by atoms with Crippen LogP contribution >= 0.6 is 28.3 Å². The van der Waals surface area contributed by atoms with Crippen LogP contribution in [0, 0.1) is 5.92 Å². The van der Waals surface area contributed by atoms with E-state index in [9.17, 15) is 4.79 Å². The molecule has 124 valence electrons. The van der Waals surface area contributed by atoms with Gasteiger partial charge in [-0.25, -0.2) is 0 Å². The van der Waals surface area contributed by atoms with Gasteiger partial charge < -0.3 is 10.6 Å². The number of carbonyl (C=O) groups is 1. The van der Waals surface area contributed by atoms with Crippen LogP contribution in [0.15, 0.2) is 40.9 Å². The van der Waals surface area contributed by atoms with E-state index in [-0.39, 0.29) is 24.4 Å². The molecule has 2 aromatic rings. The van der Waals surface area contributed by atoms with Crippen molar-refractivity contribution in [2.75, 3.05) is 13.1 Å². The molecule has 1 atom stereocenters. The normalized spacial score (nSPS) is 16.9. The molecule has 0 aromatic heterocycles. The first-order valence-electron chi connectivity index (χ1n) is 7.79. The summed E-state index contributed by atoms with van der Waals surface area (Å²) >= 11 is 3.47. The number of halogens is 2. The van der Waals surface area contributed by atoms with Crippen LogP contribution in [0.25, 0.3) is 10.8 Å². The molecule has 3 rings (SSSR count). The number of likely N-dealkylation sites (tertiary alicyclic amines) is 1. The van der Waals surface area contributed by atoms with Crippen molar-refractivity contribution in [3.63, 3.8) is 0 Å². The third-order valence-corrected chi connectivity index (χ3v) is 5.11. The minimum atomic E-state index is 0. The Morgan fingerprint density at radius 3 is 2.43 bits per heavy atom. The highest BCUT2D eigenvalue weighted by Crippen LogP contribution is 2.24. The average Bonchev–Trinajstić information content (AvgIpc) is 2.53. The van der Waals surface area contributed by atoms with Crippen molar-refractivity contribution in [3.8, 4) is 0 Å². The van der Waals surface area contributed by atoms with E-state index in [1.807, 2.05) is 35.2 Å². The molecule has 2 N–H and O–H groups in total. The van der Waals surface area contributed by atoms with E-state index in [0.717, 1.165) is 46.7 Å². The van der Waals surface area contributed by atoms with Gasteiger partial charge in [0, 0.05) is 29.2 Å². The summed E-state index contributed by atoms with van der Waals surface area (Å²) in [5.74, 6) is 0.672. The first-order valence-corrected chi connectivity index (χ1v) is 8.58. The van der Waals surface area contributed by atoms with Crippen LogP contribution in [0.2, 0.25) is 0 Å². The van der Waals surface area contributed by atoms with E-state index in [0.29, 0.717) is 5.92 Å². The smallest absolute Gasteiger partial charge is 0.253 e. The molecule has 3 nitrogen and oxygen atoms in total. The Labute approximate surface area is 151 Å². The number of piperidine rings is 1. The fourth-order valence-electron chi connectivity index (χ4n) is 3.16. The summed E-state index contributed by atoms with van der Waals surface area (Å²) in [6.07, 6.45) is 2.01. The summed E-state index contributed by atoms with van der Waals surface area (Å²) < 4.78 is 1.05. The van der Waals surface area contributed by atoms with Gasteiger partial charge in [0.15, 0.2) is 0 Å². The predicted molar refractivity (Wildman–Crippen MR) is 101 cm³/mol. The lowest BCUT2D eigenvalue weighted by atomic mass is 9.90. The third kappa shape index (κ3) is 4.06. The molecule has 1 saturated heterocycles. The van der Waals surface area contributed by atoms with Crippen LogP contribution in [0.3, 0.4) is 0 Å². The summed E-state index contributed by atoms with van der Waals surface area (Å²) in [5, 5.41) is 2.24. The van der Waals surface area contributed by atoms with Crippen molar-refractivity contribution in [1.82, 2.24) is 4.90 Å². The Kier molecular flexibility index (Phi) is 6.06. The number of fused-ring (bicyclic) bond motifs is 1. The Hall–Kier alpha value is -1.10. The predicted octanol–water partition coefficient (Wildman–Crippen LogP) is 4.22. The number of benzene rings is 2. The number of nitrogens with two attached hydrogens (primary N) is 1. The lowest BCUT2D eigenvalue weighted by Crippen LogP contribution is -2.42. The van der Waals surface area contributed by atoms with E-state index in [2.05, 4.69) is 28.9 Å². The van der Waals surface area contributed by atoms with E-state index < -0.39 is 0 Å². The lowest BCUT2D eigenvalue weighted by Gasteiger charge is -2.33. The average molecular weight is 398 g/mol. The number of amides is 1. The van der Waals surface area contributed by atoms with Gasteiger partial charge in [-0.1, -0.05) is 28.1 Å². The first kappa shape index (κ1) is 18.2. The van der Waals surface area contributed by atoms with Crippen molar-refractivity contribution in [2.45, 2.75) is 25.8 Å². The fraction of sp³-hybridized carbons (Fsp3) is 0.389. The molecule has 1 unspecified atom stereocenters. The molecule has 1 fully saturated rings. The molecule has 1 aliphatic rings. The quantitative estimate of drug-likeness (QED) is 0.824. The van der Waals surface area contributed by atoms with Crippen LogP contribution in [-0.4, -0.2) is 29.9 Å². The van der Waals surface area contributed by atoms with Crippen LogP contribution < -0.4 is 5.73 Å². The second-order valence-electron chi connectivity index (χ2n) is 6.19. The number of rotatable bonds is 2. The molecule has 0 spiro atoms. The Balaban J connectivity index is 0.00000192. The molecule has 1 heterocycles. The van der Waals surface area contributed by atoms with E-state index in [1.54, 1.807) is 0 Å². The number of nitrogens with zero attached hydrogens (tertiary/aromatic N) is 1. The van der Waals surface area contributed by atoms with Gasteiger partial charge in [0.2, 0.25) is 0 Å². The highest BCUT2D eigenvalue weighted by molar-refractivity contribution is 9.10. The maximum Gasteiger partial charge on any atom is 0.253 e. The second-order valence-corrected chi connectivity index (χ2v) is 7.11. The maximum atomic E-state index is 12.7. The van der Waals surface area contributed by atoms with E-state index in [1.165, 1.54) is 0 Å². The van der Waals surface area contributed by atoms with E-state index >= 15 is 0 Å². The van der Waals surface area contributed by atoms with Gasteiger partial charge in [0.05, 0.1) is 0 Å². The molecule has 0 bridgehead atoms. The topological polar surface area (TPSA) is 46.3 Å². The summed E-state index contributed by atoms with van der Waals surface area (Å²) in [5.41, 5.74) is 6.74. The molecule has 1 aliphatic heterocycles. The van der Waals surface area contributed by atoms with Gasteiger partial charge in [-0.15, -0.1) is 12.4 Å². The Morgan fingerprint density at radius 1 is 1.17 bits per heavy atom. The molecular formula is C18H22BrClN2O. The monoisotopic (exact) mass is 396 g/mol. The van der Waals surface area contributed by atoms with Gasteiger partial charge in [0.25, 0.3) is 5.91 Å². The van der Waals surface area contributed by atoms with Crippen LogP contribution in [0.1, 0.15) is 30.1 Å². The fourth-order valence-corrected chi connectivity index (χ4v) is 3.54. The molecule has 0 radical (unpaired) electrons. The number of carbonyl (C=O) groups excluding carboxylic acids is 1. The minimum absolute atomic E-state index is 0. The maximum absolute atomic E-state index is 12.7. The number of hydrogen-bond acceptors (Lipinski definition) is 2. The zero-order valence-corrected chi connectivity index (χ0v) is 15.6. The molecule has 23 heavy (non-hydrogen) atoms. The zero-order valence-electron chi connectivity index (χ0n) is 13.2. The summed E-state index contributed by atoms with van der Waals surface area (Å²) in [6.45, 7) is 3.68. The first-order chi connectivity index (χ1) is 10.5. The highest BCUT2D eigenvalue weighted by atomic mass is 79.9. The number of hydrogen-bond donors (Lipinski definition) is 1. The van der Waals surface area contributed by atoms with Crippen molar-refractivity contribution >= 4 is 45.0 Å².